The maximum Gasteiger partial charge on any atom is 0.329 e. The first kappa shape index (κ1) is 17.2. The predicted molar refractivity (Wildman–Crippen MR) is 92.0 cm³/mol. The Kier molecular flexibility index (Phi) is 6.08. The van der Waals surface area contributed by atoms with E-state index in [1.807, 2.05) is 48.5 Å². The Labute approximate surface area is 140 Å². The van der Waals surface area contributed by atoms with Crippen molar-refractivity contribution in [3.8, 4) is 11.5 Å². The van der Waals surface area contributed by atoms with Crippen molar-refractivity contribution < 1.29 is 14.3 Å². The summed E-state index contributed by atoms with van der Waals surface area (Å²) in [6, 6.07) is 16.5. The van der Waals surface area contributed by atoms with Crippen molar-refractivity contribution in [1.82, 2.24) is 10.7 Å². The van der Waals surface area contributed by atoms with Gasteiger partial charge in [-0.25, -0.2) is 5.43 Å². The molecule has 2 rings (SSSR count). The van der Waals surface area contributed by atoms with Crippen molar-refractivity contribution in [3.63, 3.8) is 0 Å². The van der Waals surface area contributed by atoms with Crippen molar-refractivity contribution >= 4 is 18.0 Å². The molecule has 124 valence electrons. The molecule has 0 aliphatic rings. The van der Waals surface area contributed by atoms with Crippen LogP contribution in [-0.2, 0) is 9.59 Å². The van der Waals surface area contributed by atoms with Crippen molar-refractivity contribution in [3.05, 3.63) is 60.2 Å². The molecule has 6 heteroatoms. The lowest BCUT2D eigenvalue weighted by Gasteiger charge is -2.06. The van der Waals surface area contributed by atoms with Gasteiger partial charge in [-0.3, -0.25) is 9.59 Å². The Bertz CT molecular complexity index is 727. The van der Waals surface area contributed by atoms with Crippen LogP contribution in [0.2, 0.25) is 0 Å². The molecule has 0 saturated carbocycles. The average Bonchev–Trinajstić information content (AvgIpc) is 2.55. The van der Waals surface area contributed by atoms with Gasteiger partial charge < -0.3 is 10.1 Å². The number of carbonyl (C=O) groups is 2. The summed E-state index contributed by atoms with van der Waals surface area (Å²) in [6.45, 7) is 3.54. The van der Waals surface area contributed by atoms with Crippen LogP contribution in [0, 0.1) is 0 Å². The van der Waals surface area contributed by atoms with Crippen LogP contribution in [0.25, 0.3) is 0 Å². The maximum atomic E-state index is 11.5. The summed E-state index contributed by atoms with van der Waals surface area (Å²) in [5.74, 6) is -0.153. The van der Waals surface area contributed by atoms with Crippen LogP contribution >= 0.6 is 0 Å². The molecule has 0 fully saturated rings. The molecular weight excluding hydrogens is 306 g/mol. The highest BCUT2D eigenvalue weighted by molar-refractivity contribution is 6.35. The number of ether oxygens (including phenoxy) is 1. The van der Waals surface area contributed by atoms with E-state index in [4.69, 9.17) is 4.74 Å². The van der Waals surface area contributed by atoms with E-state index in [1.54, 1.807) is 19.9 Å². The van der Waals surface area contributed by atoms with E-state index >= 15 is 0 Å². The highest BCUT2D eigenvalue weighted by atomic mass is 16.5. The summed E-state index contributed by atoms with van der Waals surface area (Å²) >= 11 is 0. The minimum absolute atomic E-state index is 0.112. The number of nitrogens with zero attached hydrogens (tertiary/aromatic N) is 1. The molecule has 0 spiro atoms. The van der Waals surface area contributed by atoms with E-state index in [0.717, 1.165) is 11.3 Å². The van der Waals surface area contributed by atoms with Crippen LogP contribution in [-0.4, -0.2) is 24.1 Å². The van der Waals surface area contributed by atoms with Gasteiger partial charge in [0.15, 0.2) is 0 Å². The Hall–Kier alpha value is -3.15. The Morgan fingerprint density at radius 2 is 1.71 bits per heavy atom. The molecule has 0 saturated heterocycles. The van der Waals surface area contributed by atoms with E-state index in [9.17, 15) is 9.59 Å². The fourth-order valence-electron chi connectivity index (χ4n) is 1.83. The molecule has 24 heavy (non-hydrogen) atoms. The number of rotatable bonds is 5. The van der Waals surface area contributed by atoms with Crippen LogP contribution in [0.15, 0.2) is 59.7 Å². The van der Waals surface area contributed by atoms with Crippen molar-refractivity contribution in [2.24, 2.45) is 5.10 Å². The van der Waals surface area contributed by atoms with Gasteiger partial charge in [-0.1, -0.05) is 30.3 Å². The fraction of sp³-hybridized carbons (Fsp3) is 0.167. The van der Waals surface area contributed by atoms with Gasteiger partial charge in [0.2, 0.25) is 0 Å². The third-order valence-corrected chi connectivity index (χ3v) is 2.84. The summed E-state index contributed by atoms with van der Waals surface area (Å²) in [5.41, 5.74) is 2.91. The molecule has 0 heterocycles. The van der Waals surface area contributed by atoms with Crippen LogP contribution < -0.4 is 15.5 Å². The van der Waals surface area contributed by atoms with Gasteiger partial charge in [0.05, 0.1) is 6.21 Å². The largest absolute Gasteiger partial charge is 0.457 e. The van der Waals surface area contributed by atoms with Crippen molar-refractivity contribution in [2.75, 3.05) is 0 Å². The van der Waals surface area contributed by atoms with Gasteiger partial charge >= 0.3 is 11.8 Å². The van der Waals surface area contributed by atoms with Gasteiger partial charge in [0.25, 0.3) is 0 Å². The molecule has 0 radical (unpaired) electrons. The Morgan fingerprint density at radius 1 is 1.00 bits per heavy atom. The van der Waals surface area contributed by atoms with Crippen molar-refractivity contribution in [2.45, 2.75) is 19.9 Å². The van der Waals surface area contributed by atoms with E-state index in [-0.39, 0.29) is 6.04 Å². The summed E-state index contributed by atoms with van der Waals surface area (Å²) in [6.07, 6.45) is 1.44. The topological polar surface area (TPSA) is 79.8 Å². The van der Waals surface area contributed by atoms with E-state index in [1.165, 1.54) is 6.21 Å². The predicted octanol–water partition coefficient (Wildman–Crippen LogP) is 2.45. The number of amides is 2. The molecule has 2 aromatic rings. The zero-order chi connectivity index (χ0) is 17.4. The molecule has 0 bridgehead atoms. The van der Waals surface area contributed by atoms with Gasteiger partial charge in [0, 0.05) is 6.04 Å². The molecule has 2 aromatic carbocycles. The number of hydrogen-bond acceptors (Lipinski definition) is 4. The summed E-state index contributed by atoms with van der Waals surface area (Å²) in [4.78, 5) is 23.0. The highest BCUT2D eigenvalue weighted by Crippen LogP contribution is 2.21. The summed E-state index contributed by atoms with van der Waals surface area (Å²) in [5, 5.41) is 6.26. The zero-order valence-electron chi connectivity index (χ0n) is 13.5. The minimum atomic E-state index is -0.809. The van der Waals surface area contributed by atoms with Crippen LogP contribution in [0.3, 0.4) is 0 Å². The number of hydrogen-bond donors (Lipinski definition) is 2. The van der Waals surface area contributed by atoms with Gasteiger partial charge in [0.1, 0.15) is 11.5 Å². The van der Waals surface area contributed by atoms with E-state index < -0.39 is 11.8 Å². The second-order valence-corrected chi connectivity index (χ2v) is 5.31. The van der Waals surface area contributed by atoms with Gasteiger partial charge in [-0.2, -0.15) is 5.10 Å². The second kappa shape index (κ2) is 8.47. The zero-order valence-corrected chi connectivity index (χ0v) is 13.5. The maximum absolute atomic E-state index is 11.5. The van der Waals surface area contributed by atoms with Gasteiger partial charge in [-0.05, 0) is 43.7 Å². The molecule has 2 amide bonds. The van der Waals surface area contributed by atoms with Crippen molar-refractivity contribution in [1.29, 1.82) is 0 Å². The molecule has 0 atom stereocenters. The first-order valence-corrected chi connectivity index (χ1v) is 7.51. The number of benzene rings is 2. The summed E-state index contributed by atoms with van der Waals surface area (Å²) < 4.78 is 5.72. The SMILES string of the molecule is CC(C)NC(=O)C(=O)N/N=C\c1cccc(Oc2ccccc2)c1. The molecule has 2 N–H and O–H groups in total. The van der Waals surface area contributed by atoms with Crippen LogP contribution in [0.5, 0.6) is 11.5 Å². The molecule has 0 aromatic heterocycles. The Balaban J connectivity index is 1.94. The van der Waals surface area contributed by atoms with E-state index in [2.05, 4.69) is 15.8 Å². The standard InChI is InChI=1S/C18H19N3O3/c1-13(2)20-17(22)18(23)21-19-12-14-7-6-10-16(11-14)24-15-8-4-3-5-9-15/h3-13H,1-2H3,(H,20,22)(H,21,23)/b19-12-. The molecular formula is C18H19N3O3. The monoisotopic (exact) mass is 325 g/mol. The molecule has 0 aliphatic heterocycles. The molecule has 0 unspecified atom stereocenters. The number of para-hydroxylation sites is 1. The highest BCUT2D eigenvalue weighted by Gasteiger charge is 2.12. The number of hydrazone groups is 1. The third-order valence-electron chi connectivity index (χ3n) is 2.84. The van der Waals surface area contributed by atoms with Crippen LogP contribution in [0.1, 0.15) is 19.4 Å². The minimum Gasteiger partial charge on any atom is -0.457 e. The fourth-order valence-corrected chi connectivity index (χ4v) is 1.83. The first-order chi connectivity index (χ1) is 11.5. The number of nitrogens with one attached hydrogen (secondary N) is 2. The molecule has 6 nitrogen and oxygen atoms in total. The third kappa shape index (κ3) is 5.57. The lowest BCUT2D eigenvalue weighted by molar-refractivity contribution is -0.139. The van der Waals surface area contributed by atoms with E-state index in [0.29, 0.717) is 5.75 Å². The van der Waals surface area contributed by atoms with Gasteiger partial charge in [-0.15, -0.1) is 0 Å². The normalized spacial score (nSPS) is 10.6. The first-order valence-electron chi connectivity index (χ1n) is 7.51. The lowest BCUT2D eigenvalue weighted by Crippen LogP contribution is -2.41. The summed E-state index contributed by atoms with van der Waals surface area (Å²) in [7, 11) is 0. The molecule has 0 aliphatic carbocycles. The average molecular weight is 325 g/mol. The smallest absolute Gasteiger partial charge is 0.329 e. The number of carbonyl (C=O) groups excluding carboxylic acids is 2. The van der Waals surface area contributed by atoms with Crippen LogP contribution in [0.4, 0.5) is 0 Å². The lowest BCUT2D eigenvalue weighted by atomic mass is 10.2. The Morgan fingerprint density at radius 3 is 2.42 bits per heavy atom. The second-order valence-electron chi connectivity index (χ2n) is 5.31. The quantitative estimate of drug-likeness (QED) is 0.503.